The molecule has 0 aromatic heterocycles. The lowest BCUT2D eigenvalue weighted by Gasteiger charge is -2.32. The molecule has 1 aliphatic rings. The SMILES string of the molecule is CC1CNC(=O)C(CC(C)(C)C)N1. The van der Waals surface area contributed by atoms with E-state index in [9.17, 15) is 4.79 Å². The highest BCUT2D eigenvalue weighted by molar-refractivity contribution is 5.82. The highest BCUT2D eigenvalue weighted by atomic mass is 16.2. The third-order valence-corrected chi connectivity index (χ3v) is 2.20. The molecule has 2 atom stereocenters. The number of piperazine rings is 1. The largest absolute Gasteiger partial charge is 0.353 e. The van der Waals surface area contributed by atoms with E-state index in [-0.39, 0.29) is 17.4 Å². The molecule has 1 amide bonds. The standard InChI is InChI=1S/C10H20N2O/c1-7-6-11-9(13)8(12-7)5-10(2,3)4/h7-8,12H,5-6H2,1-4H3,(H,11,13). The molecule has 1 aliphatic heterocycles. The minimum absolute atomic E-state index is 0.0104. The average Bonchev–Trinajstić information content (AvgIpc) is 1.94. The molecule has 1 fully saturated rings. The van der Waals surface area contributed by atoms with Crippen molar-refractivity contribution in [3.63, 3.8) is 0 Å². The molecule has 0 aromatic rings. The Bertz CT molecular complexity index is 196. The van der Waals surface area contributed by atoms with Gasteiger partial charge in [0.1, 0.15) is 0 Å². The van der Waals surface area contributed by atoms with Crippen LogP contribution in [0.4, 0.5) is 0 Å². The number of hydrogen-bond donors (Lipinski definition) is 2. The second kappa shape index (κ2) is 3.66. The van der Waals surface area contributed by atoms with Crippen LogP contribution in [0.5, 0.6) is 0 Å². The van der Waals surface area contributed by atoms with Crippen LogP contribution in [0.25, 0.3) is 0 Å². The molecule has 0 bridgehead atoms. The summed E-state index contributed by atoms with van der Waals surface area (Å²) in [4.78, 5) is 11.4. The molecular weight excluding hydrogens is 164 g/mol. The molecular formula is C10H20N2O. The van der Waals surface area contributed by atoms with Gasteiger partial charge in [-0.15, -0.1) is 0 Å². The van der Waals surface area contributed by atoms with Crippen molar-refractivity contribution in [3.8, 4) is 0 Å². The first-order valence-corrected chi connectivity index (χ1v) is 4.92. The van der Waals surface area contributed by atoms with E-state index >= 15 is 0 Å². The van der Waals surface area contributed by atoms with E-state index in [0.717, 1.165) is 13.0 Å². The summed E-state index contributed by atoms with van der Waals surface area (Å²) in [5, 5.41) is 6.21. The maximum Gasteiger partial charge on any atom is 0.237 e. The van der Waals surface area contributed by atoms with Crippen LogP contribution >= 0.6 is 0 Å². The van der Waals surface area contributed by atoms with Crippen LogP contribution in [0.2, 0.25) is 0 Å². The highest BCUT2D eigenvalue weighted by Gasteiger charge is 2.28. The van der Waals surface area contributed by atoms with Gasteiger partial charge in [0.05, 0.1) is 6.04 Å². The topological polar surface area (TPSA) is 41.1 Å². The molecule has 3 nitrogen and oxygen atoms in total. The first kappa shape index (κ1) is 10.5. The molecule has 13 heavy (non-hydrogen) atoms. The Kier molecular flexibility index (Phi) is 2.96. The van der Waals surface area contributed by atoms with Gasteiger partial charge < -0.3 is 10.6 Å². The van der Waals surface area contributed by atoms with Crippen LogP contribution in [0.3, 0.4) is 0 Å². The molecule has 0 aliphatic carbocycles. The molecule has 0 aromatic carbocycles. The average molecular weight is 184 g/mol. The van der Waals surface area contributed by atoms with Gasteiger partial charge >= 0.3 is 0 Å². The third kappa shape index (κ3) is 3.35. The van der Waals surface area contributed by atoms with Crippen molar-refractivity contribution in [1.29, 1.82) is 0 Å². The van der Waals surface area contributed by atoms with Crippen LogP contribution in [0.15, 0.2) is 0 Å². The van der Waals surface area contributed by atoms with Crippen molar-refractivity contribution >= 4 is 5.91 Å². The number of hydrogen-bond acceptors (Lipinski definition) is 2. The first-order chi connectivity index (χ1) is 5.88. The first-order valence-electron chi connectivity index (χ1n) is 4.92. The number of carbonyl (C=O) groups excluding carboxylic acids is 1. The fourth-order valence-corrected chi connectivity index (χ4v) is 1.62. The number of amides is 1. The van der Waals surface area contributed by atoms with Crippen LogP contribution in [0, 0.1) is 5.41 Å². The van der Waals surface area contributed by atoms with Crippen molar-refractivity contribution in [2.24, 2.45) is 5.41 Å². The molecule has 1 saturated heterocycles. The minimum atomic E-state index is -0.0104. The molecule has 2 unspecified atom stereocenters. The van der Waals surface area contributed by atoms with E-state index in [4.69, 9.17) is 0 Å². The zero-order valence-electron chi connectivity index (χ0n) is 8.98. The van der Waals surface area contributed by atoms with E-state index < -0.39 is 0 Å². The van der Waals surface area contributed by atoms with Crippen LogP contribution in [-0.4, -0.2) is 24.5 Å². The second-order valence-corrected chi connectivity index (χ2v) is 5.13. The summed E-state index contributed by atoms with van der Waals surface area (Å²) >= 11 is 0. The Hall–Kier alpha value is -0.570. The van der Waals surface area contributed by atoms with E-state index in [2.05, 4.69) is 38.3 Å². The Labute approximate surface area is 80.3 Å². The molecule has 1 heterocycles. The fraction of sp³-hybridized carbons (Fsp3) is 0.900. The summed E-state index contributed by atoms with van der Waals surface area (Å²) in [6, 6.07) is 0.383. The number of rotatable bonds is 1. The van der Waals surface area contributed by atoms with Gasteiger partial charge in [-0.2, -0.15) is 0 Å². The lowest BCUT2D eigenvalue weighted by Crippen LogP contribution is -2.58. The van der Waals surface area contributed by atoms with Gasteiger partial charge in [0.2, 0.25) is 5.91 Å². The number of nitrogens with one attached hydrogen (secondary N) is 2. The summed E-state index contributed by atoms with van der Waals surface area (Å²) < 4.78 is 0. The van der Waals surface area contributed by atoms with Crippen molar-refractivity contribution in [1.82, 2.24) is 10.6 Å². The molecule has 1 rings (SSSR count). The van der Waals surface area contributed by atoms with Crippen molar-refractivity contribution in [2.75, 3.05) is 6.54 Å². The molecule has 3 heteroatoms. The van der Waals surface area contributed by atoms with Gasteiger partial charge in [0.15, 0.2) is 0 Å². The maximum atomic E-state index is 11.4. The summed E-state index contributed by atoms with van der Waals surface area (Å²) in [6.07, 6.45) is 0.892. The fourth-order valence-electron chi connectivity index (χ4n) is 1.62. The molecule has 0 spiro atoms. The Morgan fingerprint density at radius 3 is 2.62 bits per heavy atom. The molecule has 2 N–H and O–H groups in total. The summed E-state index contributed by atoms with van der Waals surface area (Å²) in [5.41, 5.74) is 0.200. The monoisotopic (exact) mass is 184 g/mol. The van der Waals surface area contributed by atoms with Crippen LogP contribution in [0.1, 0.15) is 34.1 Å². The van der Waals surface area contributed by atoms with Crippen molar-refractivity contribution < 1.29 is 4.79 Å². The van der Waals surface area contributed by atoms with Gasteiger partial charge in [0, 0.05) is 12.6 Å². The predicted molar refractivity (Wildman–Crippen MR) is 53.5 cm³/mol. The van der Waals surface area contributed by atoms with Crippen LogP contribution < -0.4 is 10.6 Å². The minimum Gasteiger partial charge on any atom is -0.353 e. The lowest BCUT2D eigenvalue weighted by atomic mass is 9.87. The highest BCUT2D eigenvalue weighted by Crippen LogP contribution is 2.21. The lowest BCUT2D eigenvalue weighted by molar-refractivity contribution is -0.125. The zero-order valence-corrected chi connectivity index (χ0v) is 8.98. The van der Waals surface area contributed by atoms with E-state index in [1.54, 1.807) is 0 Å². The van der Waals surface area contributed by atoms with Gasteiger partial charge in [-0.1, -0.05) is 20.8 Å². The molecule has 0 saturated carbocycles. The quantitative estimate of drug-likeness (QED) is 0.635. The smallest absolute Gasteiger partial charge is 0.237 e. The summed E-state index contributed by atoms with van der Waals surface area (Å²) in [7, 11) is 0. The summed E-state index contributed by atoms with van der Waals surface area (Å²) in [5.74, 6) is 0.146. The third-order valence-electron chi connectivity index (χ3n) is 2.20. The Morgan fingerprint density at radius 1 is 1.46 bits per heavy atom. The number of carbonyl (C=O) groups is 1. The second-order valence-electron chi connectivity index (χ2n) is 5.13. The Balaban J connectivity index is 2.52. The Morgan fingerprint density at radius 2 is 2.08 bits per heavy atom. The zero-order chi connectivity index (χ0) is 10.1. The molecule has 76 valence electrons. The van der Waals surface area contributed by atoms with Crippen LogP contribution in [-0.2, 0) is 4.79 Å². The van der Waals surface area contributed by atoms with E-state index in [0.29, 0.717) is 6.04 Å². The van der Waals surface area contributed by atoms with Gasteiger partial charge in [0.25, 0.3) is 0 Å². The normalized spacial score (nSPS) is 30.0. The van der Waals surface area contributed by atoms with Gasteiger partial charge in [-0.3, -0.25) is 4.79 Å². The van der Waals surface area contributed by atoms with Crippen molar-refractivity contribution in [3.05, 3.63) is 0 Å². The summed E-state index contributed by atoms with van der Waals surface area (Å²) in [6.45, 7) is 9.30. The predicted octanol–water partition coefficient (Wildman–Crippen LogP) is 0.899. The van der Waals surface area contributed by atoms with E-state index in [1.165, 1.54) is 0 Å². The van der Waals surface area contributed by atoms with Crippen molar-refractivity contribution in [2.45, 2.75) is 46.2 Å². The van der Waals surface area contributed by atoms with E-state index in [1.807, 2.05) is 0 Å². The maximum absolute atomic E-state index is 11.4. The van der Waals surface area contributed by atoms with Gasteiger partial charge in [-0.25, -0.2) is 0 Å². The van der Waals surface area contributed by atoms with Gasteiger partial charge in [-0.05, 0) is 18.8 Å². The molecule has 0 radical (unpaired) electrons.